The molecule has 0 saturated heterocycles. The number of halogens is 1. The molecule has 0 aliphatic carbocycles. The Morgan fingerprint density at radius 2 is 2.31 bits per heavy atom. The molecule has 0 fully saturated rings. The Bertz CT molecular complexity index is 477. The fourth-order valence-electron chi connectivity index (χ4n) is 1.30. The van der Waals surface area contributed by atoms with E-state index in [1.54, 1.807) is 0 Å². The highest BCUT2D eigenvalue weighted by molar-refractivity contribution is 9.09. The third-order valence-electron chi connectivity index (χ3n) is 1.99. The molecule has 5 heteroatoms. The van der Waals surface area contributed by atoms with Crippen molar-refractivity contribution in [3.05, 3.63) is 28.8 Å². The van der Waals surface area contributed by atoms with Gasteiger partial charge in [-0.05, 0) is 12.1 Å². The second kappa shape index (κ2) is 5.42. The molecule has 82 valence electrons. The highest BCUT2D eigenvalue weighted by Crippen LogP contribution is 2.25. The molecule has 4 nitrogen and oxygen atoms in total. The number of nitriles is 1. The SMILES string of the molecule is COc1c(C#N)cc(C=O)cc1C(=O)CBr. The van der Waals surface area contributed by atoms with E-state index < -0.39 is 0 Å². The van der Waals surface area contributed by atoms with Crippen LogP contribution in [-0.2, 0) is 0 Å². The Kier molecular flexibility index (Phi) is 4.20. The molecular weight excluding hydrogens is 274 g/mol. The highest BCUT2D eigenvalue weighted by Gasteiger charge is 2.16. The van der Waals surface area contributed by atoms with Gasteiger partial charge in [-0.25, -0.2) is 0 Å². The number of aldehydes is 1. The number of hydrogen-bond donors (Lipinski definition) is 0. The van der Waals surface area contributed by atoms with Crippen LogP contribution in [0.1, 0.15) is 26.3 Å². The fraction of sp³-hybridized carbons (Fsp3) is 0.182. The number of methoxy groups -OCH3 is 1. The number of alkyl halides is 1. The molecular formula is C11H8BrNO3. The van der Waals surface area contributed by atoms with E-state index in [9.17, 15) is 9.59 Å². The molecule has 0 radical (unpaired) electrons. The summed E-state index contributed by atoms with van der Waals surface area (Å²) in [4.78, 5) is 22.2. The Labute approximate surface area is 101 Å². The number of ketones is 1. The van der Waals surface area contributed by atoms with Crippen molar-refractivity contribution in [2.75, 3.05) is 12.4 Å². The summed E-state index contributed by atoms with van der Waals surface area (Å²) in [5.41, 5.74) is 0.693. The molecule has 0 N–H and O–H groups in total. The third kappa shape index (κ3) is 2.28. The number of rotatable bonds is 4. The zero-order chi connectivity index (χ0) is 12.1. The van der Waals surface area contributed by atoms with Crippen molar-refractivity contribution in [2.45, 2.75) is 0 Å². The van der Waals surface area contributed by atoms with E-state index in [1.165, 1.54) is 19.2 Å². The molecule has 0 aliphatic heterocycles. The van der Waals surface area contributed by atoms with Crippen LogP contribution in [0, 0.1) is 11.3 Å². The number of carbonyl (C=O) groups is 2. The lowest BCUT2D eigenvalue weighted by molar-refractivity contribution is 0.102. The topological polar surface area (TPSA) is 67.2 Å². The standard InChI is InChI=1S/C11H8BrNO3/c1-16-11-8(5-13)2-7(6-14)3-9(11)10(15)4-12/h2-3,6H,4H2,1H3. The van der Waals surface area contributed by atoms with E-state index in [4.69, 9.17) is 10.00 Å². The van der Waals surface area contributed by atoms with Gasteiger partial charge in [0.2, 0.25) is 0 Å². The molecule has 0 aromatic heterocycles. The summed E-state index contributed by atoms with van der Waals surface area (Å²) in [5, 5.41) is 8.99. The minimum Gasteiger partial charge on any atom is -0.495 e. The van der Waals surface area contributed by atoms with E-state index in [-0.39, 0.29) is 33.6 Å². The number of carbonyl (C=O) groups excluding carboxylic acids is 2. The van der Waals surface area contributed by atoms with Crippen molar-refractivity contribution in [3.63, 3.8) is 0 Å². The van der Waals surface area contributed by atoms with E-state index >= 15 is 0 Å². The molecule has 0 atom stereocenters. The van der Waals surface area contributed by atoms with Crippen LogP contribution >= 0.6 is 15.9 Å². The van der Waals surface area contributed by atoms with E-state index in [1.807, 2.05) is 6.07 Å². The molecule has 1 rings (SSSR count). The van der Waals surface area contributed by atoms with Crippen molar-refractivity contribution in [1.29, 1.82) is 5.26 Å². The normalized spacial score (nSPS) is 9.31. The zero-order valence-electron chi connectivity index (χ0n) is 8.49. The largest absolute Gasteiger partial charge is 0.495 e. The Hall–Kier alpha value is -1.67. The molecule has 0 bridgehead atoms. The minimum absolute atomic E-state index is 0.108. The van der Waals surface area contributed by atoms with Gasteiger partial charge in [-0.2, -0.15) is 5.26 Å². The number of nitrogens with zero attached hydrogens (tertiary/aromatic N) is 1. The first kappa shape index (κ1) is 12.4. The van der Waals surface area contributed by atoms with Crippen LogP contribution in [0.15, 0.2) is 12.1 Å². The summed E-state index contributed by atoms with van der Waals surface area (Å²) >= 11 is 3.03. The van der Waals surface area contributed by atoms with Gasteiger partial charge in [0, 0.05) is 5.56 Å². The summed E-state index contributed by atoms with van der Waals surface area (Å²) in [5.74, 6) is -0.0328. The smallest absolute Gasteiger partial charge is 0.177 e. The summed E-state index contributed by atoms with van der Waals surface area (Å²) in [6.07, 6.45) is 0.589. The van der Waals surface area contributed by atoms with Crippen molar-refractivity contribution >= 4 is 28.0 Å². The van der Waals surface area contributed by atoms with E-state index in [0.29, 0.717) is 6.29 Å². The van der Waals surface area contributed by atoms with Crippen molar-refractivity contribution in [1.82, 2.24) is 0 Å². The quantitative estimate of drug-likeness (QED) is 0.481. The second-order valence-electron chi connectivity index (χ2n) is 2.94. The first-order valence-electron chi connectivity index (χ1n) is 4.34. The first-order chi connectivity index (χ1) is 7.67. The summed E-state index contributed by atoms with van der Waals surface area (Å²) in [7, 11) is 1.38. The van der Waals surface area contributed by atoms with Crippen LogP contribution < -0.4 is 4.74 Å². The molecule has 16 heavy (non-hydrogen) atoms. The van der Waals surface area contributed by atoms with Crippen molar-refractivity contribution in [2.24, 2.45) is 0 Å². The van der Waals surface area contributed by atoms with Crippen LogP contribution in [0.2, 0.25) is 0 Å². The summed E-state index contributed by atoms with van der Waals surface area (Å²) < 4.78 is 5.01. The molecule has 0 spiro atoms. The number of benzene rings is 1. The van der Waals surface area contributed by atoms with Gasteiger partial charge in [-0.1, -0.05) is 15.9 Å². The number of hydrogen-bond acceptors (Lipinski definition) is 4. The van der Waals surface area contributed by atoms with Gasteiger partial charge in [-0.15, -0.1) is 0 Å². The van der Waals surface area contributed by atoms with Gasteiger partial charge in [0.15, 0.2) is 5.78 Å². The molecule has 0 saturated carbocycles. The average Bonchev–Trinajstić information content (AvgIpc) is 2.35. The lowest BCUT2D eigenvalue weighted by Crippen LogP contribution is -2.06. The van der Waals surface area contributed by atoms with Gasteiger partial charge in [-0.3, -0.25) is 9.59 Å². The number of Topliss-reactive ketones (excluding diaryl/α,β-unsaturated/α-hetero) is 1. The lowest BCUT2D eigenvalue weighted by atomic mass is 10.0. The average molecular weight is 282 g/mol. The maximum Gasteiger partial charge on any atom is 0.177 e. The fourth-order valence-corrected chi connectivity index (χ4v) is 1.60. The van der Waals surface area contributed by atoms with Crippen molar-refractivity contribution < 1.29 is 14.3 Å². The summed E-state index contributed by atoms with van der Waals surface area (Å²) in [6, 6.07) is 4.69. The molecule has 1 aromatic rings. The van der Waals surface area contributed by atoms with E-state index in [2.05, 4.69) is 15.9 Å². The van der Waals surface area contributed by atoms with Gasteiger partial charge in [0.25, 0.3) is 0 Å². The van der Waals surface area contributed by atoms with Gasteiger partial charge in [0.1, 0.15) is 18.1 Å². The van der Waals surface area contributed by atoms with Crippen LogP contribution in [0.3, 0.4) is 0 Å². The van der Waals surface area contributed by atoms with Crippen LogP contribution in [0.4, 0.5) is 0 Å². The van der Waals surface area contributed by atoms with Crippen LogP contribution in [-0.4, -0.2) is 24.5 Å². The second-order valence-corrected chi connectivity index (χ2v) is 3.50. The molecule has 0 amide bonds. The lowest BCUT2D eigenvalue weighted by Gasteiger charge is -2.08. The van der Waals surface area contributed by atoms with Gasteiger partial charge < -0.3 is 4.74 Å². The predicted octanol–water partition coefficient (Wildman–Crippen LogP) is 1.96. The van der Waals surface area contributed by atoms with Gasteiger partial charge >= 0.3 is 0 Å². The summed E-state index contributed by atoms with van der Waals surface area (Å²) in [6.45, 7) is 0. The monoisotopic (exact) mass is 281 g/mol. The van der Waals surface area contributed by atoms with Gasteiger partial charge in [0.05, 0.1) is 23.6 Å². The Morgan fingerprint density at radius 1 is 1.62 bits per heavy atom. The number of ether oxygens (including phenoxy) is 1. The maximum atomic E-state index is 11.6. The molecule has 0 aliphatic rings. The maximum absolute atomic E-state index is 11.6. The van der Waals surface area contributed by atoms with Crippen LogP contribution in [0.5, 0.6) is 5.75 Å². The Balaban J connectivity index is 3.50. The molecule has 0 unspecified atom stereocenters. The minimum atomic E-state index is -0.239. The molecule has 1 aromatic carbocycles. The zero-order valence-corrected chi connectivity index (χ0v) is 10.1. The Morgan fingerprint density at radius 3 is 2.75 bits per heavy atom. The molecule has 0 heterocycles. The third-order valence-corrected chi connectivity index (χ3v) is 2.50. The van der Waals surface area contributed by atoms with Crippen LogP contribution in [0.25, 0.3) is 0 Å². The predicted molar refractivity (Wildman–Crippen MR) is 61.2 cm³/mol. The first-order valence-corrected chi connectivity index (χ1v) is 5.46. The highest BCUT2D eigenvalue weighted by atomic mass is 79.9. The van der Waals surface area contributed by atoms with E-state index in [0.717, 1.165) is 0 Å². The van der Waals surface area contributed by atoms with Crippen molar-refractivity contribution in [3.8, 4) is 11.8 Å².